The van der Waals surface area contributed by atoms with Crippen molar-refractivity contribution in [3.63, 3.8) is 0 Å². The zero-order valence-corrected chi connectivity index (χ0v) is 16.2. The topological polar surface area (TPSA) is 48.4 Å². The molecular formula is C19H16BrNO3S. The molecule has 1 aromatic heterocycles. The third kappa shape index (κ3) is 3.91. The first-order valence-electron chi connectivity index (χ1n) is 7.61. The molecule has 2 aromatic carbocycles. The summed E-state index contributed by atoms with van der Waals surface area (Å²) in [6.07, 6.45) is 0. The highest BCUT2D eigenvalue weighted by Crippen LogP contribution is 2.34. The number of carbonyl (C=O) groups excluding carboxylic acids is 1. The summed E-state index contributed by atoms with van der Waals surface area (Å²) in [5.74, 6) is 0.400. The molecule has 25 heavy (non-hydrogen) atoms. The van der Waals surface area contributed by atoms with Gasteiger partial charge in [-0.15, -0.1) is 0 Å². The minimum absolute atomic E-state index is 0.358. The van der Waals surface area contributed by atoms with E-state index < -0.39 is 0 Å². The average molecular weight is 418 g/mol. The fourth-order valence-electron chi connectivity index (χ4n) is 2.39. The minimum atomic E-state index is -0.358. The van der Waals surface area contributed by atoms with Gasteiger partial charge in [0.2, 0.25) is 0 Å². The van der Waals surface area contributed by atoms with Gasteiger partial charge in [0.05, 0.1) is 17.3 Å². The van der Waals surface area contributed by atoms with E-state index in [1.165, 1.54) is 7.11 Å². The molecule has 3 aromatic rings. The third-order valence-electron chi connectivity index (χ3n) is 3.74. The van der Waals surface area contributed by atoms with Crippen LogP contribution in [0.1, 0.15) is 20.8 Å². The molecular weight excluding hydrogens is 402 g/mol. The van der Waals surface area contributed by atoms with Crippen molar-refractivity contribution in [2.24, 2.45) is 0 Å². The lowest BCUT2D eigenvalue weighted by molar-refractivity contribution is 0.0605. The van der Waals surface area contributed by atoms with E-state index in [9.17, 15) is 4.79 Å². The number of nitrogens with zero attached hydrogens (tertiary/aromatic N) is 1. The number of methoxy groups -OCH3 is 1. The molecule has 3 rings (SSSR count). The van der Waals surface area contributed by atoms with E-state index in [1.807, 2.05) is 55.5 Å². The predicted octanol–water partition coefficient (Wildman–Crippen LogP) is 5.25. The normalized spacial score (nSPS) is 10.5. The largest absolute Gasteiger partial charge is 0.488 e. The molecule has 128 valence electrons. The number of halogens is 1. The number of ether oxygens (including phenoxy) is 2. The molecule has 0 fully saturated rings. The summed E-state index contributed by atoms with van der Waals surface area (Å²) in [6, 6.07) is 15.8. The number of benzene rings is 2. The van der Waals surface area contributed by atoms with Gasteiger partial charge in [-0.2, -0.15) is 4.37 Å². The highest BCUT2D eigenvalue weighted by atomic mass is 79.9. The predicted molar refractivity (Wildman–Crippen MR) is 102 cm³/mol. The zero-order valence-electron chi connectivity index (χ0n) is 13.8. The minimum Gasteiger partial charge on any atom is -0.488 e. The number of hydrogen-bond acceptors (Lipinski definition) is 5. The van der Waals surface area contributed by atoms with Crippen LogP contribution in [-0.4, -0.2) is 17.5 Å². The first kappa shape index (κ1) is 17.6. The fourth-order valence-corrected chi connectivity index (χ4v) is 3.70. The standard InChI is InChI=1S/C19H16BrNO3S/c1-12-17(21-25-18(12)19(22)23-2)14-8-9-16(15(20)10-14)24-11-13-6-4-3-5-7-13/h3-10H,11H2,1-2H3. The van der Waals surface area contributed by atoms with E-state index in [0.717, 1.165) is 44.1 Å². The second kappa shape index (κ2) is 7.80. The lowest BCUT2D eigenvalue weighted by Crippen LogP contribution is -2.00. The Hall–Kier alpha value is -2.18. The molecule has 0 amide bonds. The molecule has 0 aliphatic rings. The zero-order chi connectivity index (χ0) is 17.8. The quantitative estimate of drug-likeness (QED) is 0.532. The Kier molecular flexibility index (Phi) is 5.50. The van der Waals surface area contributed by atoms with Crippen LogP contribution in [0.25, 0.3) is 11.3 Å². The van der Waals surface area contributed by atoms with Gasteiger partial charge in [0.1, 0.15) is 17.2 Å². The summed E-state index contributed by atoms with van der Waals surface area (Å²) >= 11 is 4.70. The molecule has 0 atom stereocenters. The highest BCUT2D eigenvalue weighted by Gasteiger charge is 2.18. The molecule has 0 saturated heterocycles. The number of esters is 1. The first-order valence-corrected chi connectivity index (χ1v) is 9.18. The van der Waals surface area contributed by atoms with E-state index in [0.29, 0.717) is 11.5 Å². The van der Waals surface area contributed by atoms with Crippen LogP contribution in [0.4, 0.5) is 0 Å². The van der Waals surface area contributed by atoms with Gasteiger partial charge in [-0.05, 0) is 58.1 Å². The van der Waals surface area contributed by atoms with E-state index in [2.05, 4.69) is 20.3 Å². The van der Waals surface area contributed by atoms with Crippen molar-refractivity contribution in [3.8, 4) is 17.0 Å². The highest BCUT2D eigenvalue weighted by molar-refractivity contribution is 9.10. The Morgan fingerprint density at radius 2 is 1.96 bits per heavy atom. The number of rotatable bonds is 5. The first-order chi connectivity index (χ1) is 12.1. The third-order valence-corrected chi connectivity index (χ3v) is 5.29. The Morgan fingerprint density at radius 3 is 2.64 bits per heavy atom. The molecule has 0 spiro atoms. The maximum atomic E-state index is 11.7. The van der Waals surface area contributed by atoms with Gasteiger partial charge in [-0.3, -0.25) is 0 Å². The molecule has 6 heteroatoms. The van der Waals surface area contributed by atoms with Crippen molar-refractivity contribution in [1.82, 2.24) is 4.37 Å². The van der Waals surface area contributed by atoms with Crippen molar-refractivity contribution in [1.29, 1.82) is 0 Å². The van der Waals surface area contributed by atoms with Crippen LogP contribution in [0.2, 0.25) is 0 Å². The van der Waals surface area contributed by atoms with Crippen LogP contribution >= 0.6 is 27.5 Å². The maximum Gasteiger partial charge on any atom is 0.349 e. The number of carbonyl (C=O) groups is 1. The Bertz CT molecular complexity index is 893. The van der Waals surface area contributed by atoms with Gasteiger partial charge in [-0.25, -0.2) is 4.79 Å². The van der Waals surface area contributed by atoms with Gasteiger partial charge in [0, 0.05) is 11.1 Å². The van der Waals surface area contributed by atoms with Crippen molar-refractivity contribution >= 4 is 33.4 Å². The van der Waals surface area contributed by atoms with Gasteiger partial charge in [-0.1, -0.05) is 30.3 Å². The molecule has 4 nitrogen and oxygen atoms in total. The van der Waals surface area contributed by atoms with Gasteiger partial charge in [0.25, 0.3) is 0 Å². The van der Waals surface area contributed by atoms with Crippen LogP contribution in [0.15, 0.2) is 53.0 Å². The Balaban J connectivity index is 1.80. The molecule has 1 heterocycles. The van der Waals surface area contributed by atoms with Crippen molar-refractivity contribution in [2.75, 3.05) is 7.11 Å². The summed E-state index contributed by atoms with van der Waals surface area (Å²) < 4.78 is 15.9. The van der Waals surface area contributed by atoms with Crippen molar-refractivity contribution in [3.05, 3.63) is 69.0 Å². The molecule has 0 saturated carbocycles. The summed E-state index contributed by atoms with van der Waals surface area (Å²) in [4.78, 5) is 12.3. The van der Waals surface area contributed by atoms with Crippen LogP contribution in [0.3, 0.4) is 0 Å². The molecule has 0 radical (unpaired) electrons. The van der Waals surface area contributed by atoms with Crippen molar-refractivity contribution < 1.29 is 14.3 Å². The molecule has 0 aliphatic heterocycles. The summed E-state index contributed by atoms with van der Waals surface area (Å²) in [5.41, 5.74) is 3.63. The van der Waals surface area contributed by atoms with Crippen LogP contribution in [0.5, 0.6) is 5.75 Å². The van der Waals surface area contributed by atoms with E-state index >= 15 is 0 Å². The summed E-state index contributed by atoms with van der Waals surface area (Å²) in [6.45, 7) is 2.37. The molecule has 0 bridgehead atoms. The van der Waals surface area contributed by atoms with Crippen molar-refractivity contribution in [2.45, 2.75) is 13.5 Å². The Labute approximate surface area is 158 Å². The Morgan fingerprint density at radius 1 is 1.20 bits per heavy atom. The fraction of sp³-hybridized carbons (Fsp3) is 0.158. The number of hydrogen-bond donors (Lipinski definition) is 0. The van der Waals surface area contributed by atoms with Gasteiger partial charge in [0.15, 0.2) is 0 Å². The van der Waals surface area contributed by atoms with Gasteiger partial charge < -0.3 is 9.47 Å². The lowest BCUT2D eigenvalue weighted by atomic mass is 10.1. The van der Waals surface area contributed by atoms with Crippen LogP contribution in [-0.2, 0) is 11.3 Å². The number of aromatic nitrogens is 1. The SMILES string of the molecule is COC(=O)c1snc(-c2ccc(OCc3ccccc3)c(Br)c2)c1C. The van der Waals surface area contributed by atoms with Crippen LogP contribution in [0, 0.1) is 6.92 Å². The van der Waals surface area contributed by atoms with E-state index in [1.54, 1.807) is 0 Å². The monoisotopic (exact) mass is 417 g/mol. The maximum absolute atomic E-state index is 11.7. The molecule has 0 aliphatic carbocycles. The van der Waals surface area contributed by atoms with E-state index in [-0.39, 0.29) is 5.97 Å². The van der Waals surface area contributed by atoms with E-state index in [4.69, 9.17) is 9.47 Å². The second-order valence-electron chi connectivity index (χ2n) is 5.40. The summed E-state index contributed by atoms with van der Waals surface area (Å²) in [5, 5.41) is 0. The second-order valence-corrected chi connectivity index (χ2v) is 7.02. The van der Waals surface area contributed by atoms with Gasteiger partial charge >= 0.3 is 5.97 Å². The molecule has 0 N–H and O–H groups in total. The smallest absolute Gasteiger partial charge is 0.349 e. The lowest BCUT2D eigenvalue weighted by Gasteiger charge is -2.10. The molecule has 0 unspecified atom stereocenters. The average Bonchev–Trinajstić information content (AvgIpc) is 3.02. The van der Waals surface area contributed by atoms with Crippen LogP contribution < -0.4 is 4.74 Å². The summed E-state index contributed by atoms with van der Waals surface area (Å²) in [7, 11) is 1.37.